The average Bonchev–Trinajstić information content (AvgIpc) is 2.19. The van der Waals surface area contributed by atoms with E-state index in [2.05, 4.69) is 14.7 Å². The summed E-state index contributed by atoms with van der Waals surface area (Å²) in [5.41, 5.74) is 0. The molecule has 0 aromatic rings. The van der Waals surface area contributed by atoms with Gasteiger partial charge in [-0.2, -0.15) is 0 Å². The monoisotopic (exact) mass is 346 g/mol. The van der Waals surface area contributed by atoms with E-state index >= 15 is 0 Å². The van der Waals surface area contributed by atoms with Crippen LogP contribution in [-0.2, 0) is 0 Å². The van der Waals surface area contributed by atoms with Crippen LogP contribution in [0.5, 0.6) is 0 Å². The number of halogens is 1. The first kappa shape index (κ1) is 16.5. The van der Waals surface area contributed by atoms with Crippen LogP contribution in [0.4, 0.5) is 0 Å². The Labute approximate surface area is 113 Å². The van der Waals surface area contributed by atoms with Crippen LogP contribution < -0.4 is 0 Å². The van der Waals surface area contributed by atoms with E-state index in [1.165, 1.54) is 0 Å². The molecule has 6 nitrogen and oxygen atoms in total. The standard InChI is InChI=1S/C9H21N3O3.I/c13-4-1-10-7-11(2-5-14)9-12(8-10)3-6-15;/h13-15H,1-9H2;. The van der Waals surface area contributed by atoms with Crippen LogP contribution in [0.15, 0.2) is 0 Å². The molecule has 1 saturated heterocycles. The summed E-state index contributed by atoms with van der Waals surface area (Å²) in [4.78, 5) is 6.28. The summed E-state index contributed by atoms with van der Waals surface area (Å²) in [6.07, 6.45) is 0. The second-order valence-corrected chi connectivity index (χ2v) is 3.78. The quantitative estimate of drug-likeness (QED) is 0.517. The Morgan fingerprint density at radius 2 is 0.875 bits per heavy atom. The summed E-state index contributed by atoms with van der Waals surface area (Å²) in [6, 6.07) is 0. The lowest BCUT2D eigenvalue weighted by Gasteiger charge is -2.41. The lowest BCUT2D eigenvalue weighted by atomic mass is 10.4. The Hall–Kier alpha value is 0.490. The highest BCUT2D eigenvalue weighted by atomic mass is 127. The minimum atomic E-state index is 0. The molecule has 3 N–H and O–H groups in total. The molecule has 0 saturated carbocycles. The van der Waals surface area contributed by atoms with Gasteiger partial charge in [-0.05, 0) is 0 Å². The third-order valence-electron chi connectivity index (χ3n) is 2.45. The first-order valence-corrected chi connectivity index (χ1v) is 5.29. The molecule has 16 heavy (non-hydrogen) atoms. The summed E-state index contributed by atoms with van der Waals surface area (Å²) in [7, 11) is 0. The molecule has 0 spiro atoms. The second-order valence-electron chi connectivity index (χ2n) is 3.78. The van der Waals surface area contributed by atoms with Crippen molar-refractivity contribution in [3.63, 3.8) is 0 Å². The number of aliphatic hydroxyl groups is 3. The van der Waals surface area contributed by atoms with Crippen molar-refractivity contribution in [2.24, 2.45) is 0 Å². The van der Waals surface area contributed by atoms with Crippen LogP contribution in [0.2, 0.25) is 0 Å². The van der Waals surface area contributed by atoms with E-state index in [1.54, 1.807) is 0 Å². The van der Waals surface area contributed by atoms with Crippen molar-refractivity contribution in [3.8, 4) is 0 Å². The van der Waals surface area contributed by atoms with Gasteiger partial charge in [-0.25, -0.2) is 0 Å². The minimum absolute atomic E-state index is 0. The minimum Gasteiger partial charge on any atom is -0.395 e. The second kappa shape index (κ2) is 9.51. The molecule has 1 aliphatic heterocycles. The van der Waals surface area contributed by atoms with Crippen molar-refractivity contribution in [1.29, 1.82) is 0 Å². The molecule has 7 heteroatoms. The highest BCUT2D eigenvalue weighted by Gasteiger charge is 2.21. The molecule has 97 valence electrons. The van der Waals surface area contributed by atoms with Gasteiger partial charge in [0.15, 0.2) is 0 Å². The lowest BCUT2D eigenvalue weighted by Crippen LogP contribution is -2.56. The van der Waals surface area contributed by atoms with Crippen LogP contribution in [0.3, 0.4) is 0 Å². The largest absolute Gasteiger partial charge is 0.395 e. The molecular formula is C9H21IN3O3. The van der Waals surface area contributed by atoms with Gasteiger partial charge in [-0.1, -0.05) is 0 Å². The average molecular weight is 346 g/mol. The molecule has 0 aromatic heterocycles. The molecule has 1 fully saturated rings. The maximum absolute atomic E-state index is 8.87. The fourth-order valence-corrected chi connectivity index (χ4v) is 1.83. The van der Waals surface area contributed by atoms with Crippen molar-refractivity contribution < 1.29 is 15.3 Å². The van der Waals surface area contributed by atoms with Gasteiger partial charge in [0.2, 0.25) is 0 Å². The highest BCUT2D eigenvalue weighted by Crippen LogP contribution is 2.05. The number of hydrogen-bond acceptors (Lipinski definition) is 6. The predicted octanol–water partition coefficient (Wildman–Crippen LogP) is -1.36. The first-order chi connectivity index (χ1) is 7.30. The van der Waals surface area contributed by atoms with Gasteiger partial charge >= 0.3 is 0 Å². The van der Waals surface area contributed by atoms with Crippen molar-refractivity contribution in [3.05, 3.63) is 0 Å². The highest BCUT2D eigenvalue weighted by molar-refractivity contribution is 14.0. The van der Waals surface area contributed by atoms with Gasteiger partial charge in [0, 0.05) is 43.6 Å². The molecular weight excluding hydrogens is 325 g/mol. The van der Waals surface area contributed by atoms with Crippen LogP contribution in [0, 0.1) is 0 Å². The Kier molecular flexibility index (Phi) is 9.80. The Balaban J connectivity index is 0.00000225. The summed E-state index contributed by atoms with van der Waals surface area (Å²) in [5.74, 6) is 0. The van der Waals surface area contributed by atoms with Crippen LogP contribution in [-0.4, -0.2) is 89.5 Å². The zero-order chi connectivity index (χ0) is 11.1. The Morgan fingerprint density at radius 1 is 0.625 bits per heavy atom. The van der Waals surface area contributed by atoms with Crippen LogP contribution in [0.1, 0.15) is 0 Å². The molecule has 0 amide bonds. The van der Waals surface area contributed by atoms with E-state index < -0.39 is 0 Å². The van der Waals surface area contributed by atoms with Crippen LogP contribution in [0.25, 0.3) is 0 Å². The molecule has 0 bridgehead atoms. The number of β-amino-alcohol motifs (C(OH)–C–C–N with tert-alkyl or cyclic N) is 3. The molecule has 1 aliphatic rings. The molecule has 0 aromatic carbocycles. The zero-order valence-corrected chi connectivity index (χ0v) is 11.6. The van der Waals surface area contributed by atoms with Crippen LogP contribution >= 0.6 is 24.0 Å². The van der Waals surface area contributed by atoms with Gasteiger partial charge < -0.3 is 15.3 Å². The lowest BCUT2D eigenvalue weighted by molar-refractivity contribution is -0.0448. The van der Waals surface area contributed by atoms with E-state index in [-0.39, 0.29) is 43.8 Å². The van der Waals surface area contributed by atoms with Gasteiger partial charge in [0.25, 0.3) is 0 Å². The molecule has 1 radical (unpaired) electrons. The number of hydrogen-bond donors (Lipinski definition) is 3. The molecule has 0 aliphatic carbocycles. The van der Waals surface area contributed by atoms with E-state index in [0.717, 1.165) is 20.0 Å². The first-order valence-electron chi connectivity index (χ1n) is 5.29. The smallest absolute Gasteiger partial charge is 0.0559 e. The third kappa shape index (κ3) is 5.71. The molecule has 1 rings (SSSR count). The van der Waals surface area contributed by atoms with E-state index in [1.807, 2.05) is 0 Å². The fraction of sp³-hybridized carbons (Fsp3) is 1.00. The number of nitrogens with zero attached hydrogens (tertiary/aromatic N) is 3. The summed E-state index contributed by atoms with van der Waals surface area (Å²) >= 11 is 0. The van der Waals surface area contributed by atoms with E-state index in [9.17, 15) is 0 Å². The SMILES string of the molecule is OCCN1CN(CCO)CN(CCO)C1.[I]. The van der Waals surface area contributed by atoms with Crippen molar-refractivity contribution in [2.75, 3.05) is 59.5 Å². The maximum Gasteiger partial charge on any atom is 0.0559 e. The van der Waals surface area contributed by atoms with Crippen molar-refractivity contribution in [1.82, 2.24) is 14.7 Å². The summed E-state index contributed by atoms with van der Waals surface area (Å²) in [5, 5.41) is 26.6. The van der Waals surface area contributed by atoms with E-state index in [4.69, 9.17) is 15.3 Å². The number of rotatable bonds is 6. The number of aliphatic hydroxyl groups excluding tert-OH is 3. The Bertz CT molecular complexity index is 142. The summed E-state index contributed by atoms with van der Waals surface area (Å²) < 4.78 is 0. The fourth-order valence-electron chi connectivity index (χ4n) is 1.83. The maximum atomic E-state index is 8.87. The normalized spacial score (nSPS) is 19.7. The van der Waals surface area contributed by atoms with Gasteiger partial charge in [-0.3, -0.25) is 14.7 Å². The predicted molar refractivity (Wildman–Crippen MR) is 70.0 cm³/mol. The van der Waals surface area contributed by atoms with Crippen molar-refractivity contribution >= 4 is 24.0 Å². The third-order valence-corrected chi connectivity index (χ3v) is 2.45. The summed E-state index contributed by atoms with van der Waals surface area (Å²) in [6.45, 7) is 4.60. The van der Waals surface area contributed by atoms with Gasteiger partial charge in [-0.15, -0.1) is 0 Å². The molecule has 1 heterocycles. The molecule has 0 atom stereocenters. The van der Waals surface area contributed by atoms with Gasteiger partial charge in [0.05, 0.1) is 39.8 Å². The zero-order valence-electron chi connectivity index (χ0n) is 9.43. The topological polar surface area (TPSA) is 70.4 Å². The van der Waals surface area contributed by atoms with E-state index in [0.29, 0.717) is 19.6 Å². The Morgan fingerprint density at radius 3 is 1.06 bits per heavy atom. The van der Waals surface area contributed by atoms with Gasteiger partial charge in [0.1, 0.15) is 0 Å². The molecule has 0 unspecified atom stereocenters. The van der Waals surface area contributed by atoms with Crippen molar-refractivity contribution in [2.45, 2.75) is 0 Å².